The fourth-order valence-electron chi connectivity index (χ4n) is 1.81. The van der Waals surface area contributed by atoms with Crippen molar-refractivity contribution < 1.29 is 14.8 Å². The molecule has 108 valence electrons. The van der Waals surface area contributed by atoms with E-state index in [0.717, 1.165) is 6.08 Å². The molecule has 0 heterocycles. The van der Waals surface area contributed by atoms with Gasteiger partial charge in [-0.25, -0.2) is 4.99 Å². The van der Waals surface area contributed by atoms with E-state index in [1.807, 2.05) is 0 Å². The van der Waals surface area contributed by atoms with Gasteiger partial charge in [0, 0.05) is 6.08 Å². The number of nitrogens with two attached hydrogens (primary N) is 1. The number of hydrogen-bond acceptors (Lipinski definition) is 6. The van der Waals surface area contributed by atoms with Crippen LogP contribution in [0.3, 0.4) is 0 Å². The summed E-state index contributed by atoms with van der Waals surface area (Å²) in [5.41, 5.74) is 5.20. The summed E-state index contributed by atoms with van der Waals surface area (Å²) in [7, 11) is 0. The smallest absolute Gasteiger partial charge is 0.321 e. The molecule has 0 spiro atoms. The summed E-state index contributed by atoms with van der Waals surface area (Å²) >= 11 is 5.89. The number of carbonyl (C=O) groups is 1. The number of allylic oxidation sites excluding steroid dienone is 4. The minimum absolute atomic E-state index is 0.0177. The van der Waals surface area contributed by atoms with Crippen LogP contribution in [0.5, 0.6) is 5.75 Å². The van der Waals surface area contributed by atoms with E-state index in [1.54, 1.807) is 6.92 Å². The third kappa shape index (κ3) is 2.77. The van der Waals surface area contributed by atoms with Crippen molar-refractivity contribution in [1.82, 2.24) is 0 Å². The summed E-state index contributed by atoms with van der Waals surface area (Å²) in [4.78, 5) is 25.7. The lowest BCUT2D eigenvalue weighted by Crippen LogP contribution is -2.05. The molecule has 0 radical (unpaired) electrons. The zero-order valence-electron chi connectivity index (χ0n) is 10.8. The molecule has 1 aliphatic rings. The van der Waals surface area contributed by atoms with E-state index in [-0.39, 0.29) is 33.7 Å². The Bertz CT molecular complexity index is 750. The molecule has 0 fully saturated rings. The topological polar surface area (TPSA) is 119 Å². The van der Waals surface area contributed by atoms with E-state index in [2.05, 4.69) is 4.99 Å². The molecule has 0 saturated heterocycles. The van der Waals surface area contributed by atoms with Gasteiger partial charge in [0.2, 0.25) is 0 Å². The van der Waals surface area contributed by atoms with Gasteiger partial charge < -0.3 is 10.8 Å². The second-order valence-corrected chi connectivity index (χ2v) is 4.71. The van der Waals surface area contributed by atoms with Crippen molar-refractivity contribution >= 4 is 40.2 Å². The summed E-state index contributed by atoms with van der Waals surface area (Å²) in [6.07, 6.45) is 3.76. The molecule has 1 aromatic carbocycles. The second kappa shape index (κ2) is 5.37. The number of aryl methyl sites for hydroxylation is 1. The van der Waals surface area contributed by atoms with Gasteiger partial charge in [-0.05, 0) is 30.7 Å². The Morgan fingerprint density at radius 1 is 1.43 bits per heavy atom. The molecule has 7 nitrogen and oxygen atoms in total. The number of phenolic OH excluding ortho intramolecular Hbond substituents is 1. The van der Waals surface area contributed by atoms with E-state index in [9.17, 15) is 20.0 Å². The molecule has 0 atom stereocenters. The lowest BCUT2D eigenvalue weighted by atomic mass is 10.1. The fraction of sp³-hybridized carbons (Fsp3) is 0.0769. The van der Waals surface area contributed by atoms with Crippen LogP contribution in [0.15, 0.2) is 34.3 Å². The summed E-state index contributed by atoms with van der Waals surface area (Å²) in [6.45, 7) is 1.54. The molecule has 1 aliphatic carbocycles. The molecule has 1 aromatic rings. The summed E-state index contributed by atoms with van der Waals surface area (Å²) in [6, 6.07) is 1.27. The molecular weight excluding hydrogens is 298 g/mol. The number of rotatable bonds is 2. The predicted molar refractivity (Wildman–Crippen MR) is 79.1 cm³/mol. The van der Waals surface area contributed by atoms with Gasteiger partial charge in [0.15, 0.2) is 11.5 Å². The lowest BCUT2D eigenvalue weighted by Gasteiger charge is -2.09. The number of nitro benzene ring substituents is 1. The van der Waals surface area contributed by atoms with Crippen LogP contribution in [0.2, 0.25) is 0 Å². The van der Waals surface area contributed by atoms with Crippen LogP contribution in [0.1, 0.15) is 5.56 Å². The SMILES string of the molecule is Cc1cc(O)c(N)c([N+](=O)[O-])c1N=C1C=CC(=O)C=C1Cl. The molecule has 0 saturated carbocycles. The highest BCUT2D eigenvalue weighted by Gasteiger charge is 2.24. The first-order chi connectivity index (χ1) is 9.81. The summed E-state index contributed by atoms with van der Waals surface area (Å²) < 4.78 is 0. The van der Waals surface area contributed by atoms with Crippen LogP contribution >= 0.6 is 11.6 Å². The number of nitrogens with zero attached hydrogens (tertiary/aromatic N) is 2. The van der Waals surface area contributed by atoms with Crippen molar-refractivity contribution in [1.29, 1.82) is 0 Å². The Kier molecular flexibility index (Phi) is 3.77. The number of benzene rings is 1. The van der Waals surface area contributed by atoms with Gasteiger partial charge in [-0.1, -0.05) is 11.6 Å². The molecule has 21 heavy (non-hydrogen) atoms. The van der Waals surface area contributed by atoms with Gasteiger partial charge in [-0.3, -0.25) is 14.9 Å². The Hall–Kier alpha value is -2.67. The molecule has 8 heteroatoms. The average Bonchev–Trinajstić information content (AvgIpc) is 2.38. The van der Waals surface area contributed by atoms with Crippen molar-refractivity contribution in [2.45, 2.75) is 6.92 Å². The second-order valence-electron chi connectivity index (χ2n) is 4.31. The number of aromatic hydroxyl groups is 1. The highest BCUT2D eigenvalue weighted by atomic mass is 35.5. The van der Waals surface area contributed by atoms with Gasteiger partial charge in [0.25, 0.3) is 0 Å². The van der Waals surface area contributed by atoms with Crippen molar-refractivity contribution in [2.24, 2.45) is 4.99 Å². The third-order valence-electron chi connectivity index (χ3n) is 2.82. The van der Waals surface area contributed by atoms with Gasteiger partial charge in [-0.2, -0.15) is 0 Å². The molecule has 3 N–H and O–H groups in total. The van der Waals surface area contributed by atoms with Crippen LogP contribution in [0, 0.1) is 17.0 Å². The van der Waals surface area contributed by atoms with Gasteiger partial charge in [0.1, 0.15) is 11.4 Å². The van der Waals surface area contributed by atoms with Crippen molar-refractivity contribution in [3.05, 3.63) is 45.0 Å². The minimum atomic E-state index is -0.725. The van der Waals surface area contributed by atoms with E-state index in [0.29, 0.717) is 5.56 Å². The maximum atomic E-state index is 11.1. The number of nitro groups is 1. The first-order valence-electron chi connectivity index (χ1n) is 5.76. The molecule has 0 aliphatic heterocycles. The van der Waals surface area contributed by atoms with Crippen molar-refractivity contribution in [3.63, 3.8) is 0 Å². The first-order valence-corrected chi connectivity index (χ1v) is 6.13. The fourth-order valence-corrected chi connectivity index (χ4v) is 2.02. The van der Waals surface area contributed by atoms with Crippen LogP contribution in [0.4, 0.5) is 17.1 Å². The molecule has 0 aromatic heterocycles. The first kappa shape index (κ1) is 14.7. The predicted octanol–water partition coefficient (Wildman–Crippen LogP) is 2.53. The number of halogens is 1. The van der Waals surface area contributed by atoms with E-state index >= 15 is 0 Å². The lowest BCUT2D eigenvalue weighted by molar-refractivity contribution is -0.383. The Balaban J connectivity index is 2.68. The summed E-state index contributed by atoms with van der Waals surface area (Å²) in [5.74, 6) is -0.686. The monoisotopic (exact) mass is 307 g/mol. The normalized spacial score (nSPS) is 16.2. The average molecular weight is 308 g/mol. The van der Waals surface area contributed by atoms with Crippen LogP contribution in [-0.2, 0) is 4.79 Å². The standard InChI is InChI=1S/C13H10ClN3O4/c1-6-4-10(19)11(15)13(17(20)21)12(6)16-9-3-2-7(18)5-8(9)14/h2-5,19H,15H2,1H3. The van der Waals surface area contributed by atoms with E-state index in [1.165, 1.54) is 18.2 Å². The number of aliphatic imine (C=N–C) groups is 1. The maximum Gasteiger partial charge on any atom is 0.321 e. The quantitative estimate of drug-likeness (QED) is 0.286. The number of carbonyl (C=O) groups excluding carboxylic acids is 1. The van der Waals surface area contributed by atoms with Crippen LogP contribution < -0.4 is 5.73 Å². The molecule has 0 unspecified atom stereocenters. The number of phenols is 1. The van der Waals surface area contributed by atoms with E-state index in [4.69, 9.17) is 17.3 Å². The highest BCUT2D eigenvalue weighted by Crippen LogP contribution is 2.42. The molecule has 0 amide bonds. The van der Waals surface area contributed by atoms with Crippen LogP contribution in [-0.4, -0.2) is 21.5 Å². The van der Waals surface area contributed by atoms with Gasteiger partial charge in [0.05, 0.1) is 15.7 Å². The number of ketones is 1. The number of hydrogen-bond donors (Lipinski definition) is 2. The highest BCUT2D eigenvalue weighted by molar-refractivity contribution is 6.48. The number of nitrogen functional groups attached to an aromatic ring is 1. The Morgan fingerprint density at radius 2 is 2.10 bits per heavy atom. The van der Waals surface area contributed by atoms with Crippen molar-refractivity contribution in [3.8, 4) is 5.75 Å². The Morgan fingerprint density at radius 3 is 2.67 bits per heavy atom. The summed E-state index contributed by atoms with van der Waals surface area (Å²) in [5, 5.41) is 20.8. The molecular formula is C13H10ClN3O4. The van der Waals surface area contributed by atoms with Crippen LogP contribution in [0.25, 0.3) is 0 Å². The zero-order valence-corrected chi connectivity index (χ0v) is 11.6. The maximum absolute atomic E-state index is 11.1. The number of anilines is 1. The van der Waals surface area contributed by atoms with Gasteiger partial charge >= 0.3 is 5.69 Å². The zero-order chi connectivity index (χ0) is 15.7. The third-order valence-corrected chi connectivity index (χ3v) is 3.12. The Labute approximate surface area is 124 Å². The molecule has 2 rings (SSSR count). The van der Waals surface area contributed by atoms with Gasteiger partial charge in [-0.15, -0.1) is 0 Å². The largest absolute Gasteiger partial charge is 0.506 e. The molecule has 0 bridgehead atoms. The van der Waals surface area contributed by atoms with Crippen molar-refractivity contribution in [2.75, 3.05) is 5.73 Å². The van der Waals surface area contributed by atoms with E-state index < -0.39 is 10.6 Å². The minimum Gasteiger partial charge on any atom is -0.506 e.